The predicted octanol–water partition coefficient (Wildman–Crippen LogP) is 6.50. The highest BCUT2D eigenvalue weighted by Gasteiger charge is 2.41. The van der Waals surface area contributed by atoms with Gasteiger partial charge in [0.1, 0.15) is 0 Å². The highest BCUT2D eigenvalue weighted by molar-refractivity contribution is 6.44. The number of hydrogen-bond donors (Lipinski definition) is 1. The molecule has 0 unspecified atom stereocenters. The lowest BCUT2D eigenvalue weighted by Crippen LogP contribution is -2.29. The standard InChI is InChI=1S/C21H20Cl3NO3/c1-26-15-7-10(8-16(27-2)21(15)28-3)19-12-6-4-5-11(12)17-18(24)13(22)9-14(23)20(17)25-19/h4-5,7-9,11-12,19,25H,6H2,1-3H3/t11-,12+,19-/m0/s1. The Labute approximate surface area is 179 Å². The maximum absolute atomic E-state index is 6.56. The Morgan fingerprint density at radius 2 is 1.61 bits per heavy atom. The topological polar surface area (TPSA) is 39.7 Å². The molecule has 1 heterocycles. The fourth-order valence-corrected chi connectivity index (χ4v) is 5.08. The van der Waals surface area contributed by atoms with Crippen LogP contribution in [0.5, 0.6) is 17.2 Å². The largest absolute Gasteiger partial charge is 0.493 e. The lowest BCUT2D eigenvalue weighted by Gasteiger charge is -2.38. The molecule has 7 heteroatoms. The van der Waals surface area contributed by atoms with Crippen LogP contribution >= 0.6 is 34.8 Å². The van der Waals surface area contributed by atoms with Crippen molar-refractivity contribution in [3.8, 4) is 17.2 Å². The fraction of sp³-hybridized carbons (Fsp3) is 0.333. The molecule has 3 atom stereocenters. The van der Waals surface area contributed by atoms with Crippen LogP contribution in [0.15, 0.2) is 30.4 Å². The third-order valence-electron chi connectivity index (χ3n) is 5.53. The average molecular weight is 441 g/mol. The van der Waals surface area contributed by atoms with Crippen LogP contribution < -0.4 is 19.5 Å². The smallest absolute Gasteiger partial charge is 0.203 e. The first-order valence-electron chi connectivity index (χ1n) is 8.90. The molecule has 0 radical (unpaired) electrons. The molecule has 148 valence electrons. The molecule has 1 N–H and O–H groups in total. The predicted molar refractivity (Wildman–Crippen MR) is 114 cm³/mol. The van der Waals surface area contributed by atoms with E-state index in [9.17, 15) is 0 Å². The van der Waals surface area contributed by atoms with Crippen LogP contribution in [0.25, 0.3) is 0 Å². The van der Waals surface area contributed by atoms with E-state index < -0.39 is 0 Å². The summed E-state index contributed by atoms with van der Waals surface area (Å²) in [6.45, 7) is 0. The van der Waals surface area contributed by atoms with Gasteiger partial charge in [-0.15, -0.1) is 0 Å². The van der Waals surface area contributed by atoms with Crippen molar-refractivity contribution < 1.29 is 14.2 Å². The van der Waals surface area contributed by atoms with Crippen LogP contribution in [0.2, 0.25) is 15.1 Å². The summed E-state index contributed by atoms with van der Waals surface area (Å²) in [4.78, 5) is 0. The summed E-state index contributed by atoms with van der Waals surface area (Å²) in [5.41, 5.74) is 2.81. The van der Waals surface area contributed by atoms with Gasteiger partial charge in [0.25, 0.3) is 0 Å². The van der Waals surface area contributed by atoms with E-state index in [1.165, 1.54) is 0 Å². The van der Waals surface area contributed by atoms with Crippen molar-refractivity contribution >= 4 is 40.5 Å². The molecule has 0 bridgehead atoms. The summed E-state index contributed by atoms with van der Waals surface area (Å²) in [5.74, 6) is 2.20. The van der Waals surface area contributed by atoms with Crippen molar-refractivity contribution in [1.82, 2.24) is 0 Å². The van der Waals surface area contributed by atoms with E-state index in [0.29, 0.717) is 32.3 Å². The van der Waals surface area contributed by atoms with E-state index in [-0.39, 0.29) is 17.9 Å². The second kappa shape index (κ2) is 7.58. The number of allylic oxidation sites excluding steroid dienone is 2. The van der Waals surface area contributed by atoms with Gasteiger partial charge in [-0.3, -0.25) is 0 Å². The molecular weight excluding hydrogens is 421 g/mol. The van der Waals surface area contributed by atoms with E-state index in [1.807, 2.05) is 12.1 Å². The summed E-state index contributed by atoms with van der Waals surface area (Å²) >= 11 is 19.4. The van der Waals surface area contributed by atoms with E-state index in [2.05, 4.69) is 17.5 Å². The first-order chi connectivity index (χ1) is 13.5. The van der Waals surface area contributed by atoms with Crippen LogP contribution in [-0.4, -0.2) is 21.3 Å². The zero-order valence-corrected chi connectivity index (χ0v) is 18.0. The zero-order chi connectivity index (χ0) is 20.0. The van der Waals surface area contributed by atoms with Gasteiger partial charge in [0.15, 0.2) is 11.5 Å². The molecule has 0 amide bonds. The molecule has 0 saturated heterocycles. The molecule has 0 saturated carbocycles. The number of benzene rings is 2. The highest BCUT2D eigenvalue weighted by atomic mass is 35.5. The van der Waals surface area contributed by atoms with Gasteiger partial charge in [0.05, 0.1) is 48.1 Å². The van der Waals surface area contributed by atoms with E-state index >= 15 is 0 Å². The van der Waals surface area contributed by atoms with Gasteiger partial charge in [-0.25, -0.2) is 0 Å². The van der Waals surface area contributed by atoms with Gasteiger partial charge in [0, 0.05) is 11.5 Å². The molecule has 1 aliphatic carbocycles. The third-order valence-corrected chi connectivity index (χ3v) is 6.63. The summed E-state index contributed by atoms with van der Waals surface area (Å²) < 4.78 is 16.5. The SMILES string of the molecule is COc1cc([C@@H]2Nc3c(Cl)cc(Cl)c(Cl)c3[C@H]3C=CC[C@H]32)cc(OC)c1OC. The van der Waals surface area contributed by atoms with Gasteiger partial charge in [-0.1, -0.05) is 47.0 Å². The minimum atomic E-state index is -0.00375. The van der Waals surface area contributed by atoms with Crippen molar-refractivity contribution in [3.63, 3.8) is 0 Å². The lowest BCUT2D eigenvalue weighted by atomic mass is 9.77. The summed E-state index contributed by atoms with van der Waals surface area (Å²) in [6.07, 6.45) is 5.29. The van der Waals surface area contributed by atoms with Crippen LogP contribution in [0, 0.1) is 5.92 Å². The van der Waals surface area contributed by atoms with Gasteiger partial charge >= 0.3 is 0 Å². The Bertz CT molecular complexity index is 935. The van der Waals surface area contributed by atoms with Crippen LogP contribution in [0.1, 0.15) is 29.5 Å². The fourth-order valence-electron chi connectivity index (χ4n) is 4.27. The molecule has 0 spiro atoms. The molecule has 0 fully saturated rings. The Balaban J connectivity index is 1.86. The molecular formula is C21H20Cl3NO3. The van der Waals surface area contributed by atoms with Crippen LogP contribution in [0.3, 0.4) is 0 Å². The van der Waals surface area contributed by atoms with Gasteiger partial charge < -0.3 is 19.5 Å². The summed E-state index contributed by atoms with van der Waals surface area (Å²) in [7, 11) is 4.82. The van der Waals surface area contributed by atoms with Gasteiger partial charge in [0.2, 0.25) is 5.75 Å². The van der Waals surface area contributed by atoms with Crippen molar-refractivity contribution in [2.45, 2.75) is 18.4 Å². The van der Waals surface area contributed by atoms with Crippen molar-refractivity contribution in [3.05, 3.63) is 56.5 Å². The molecule has 2 aromatic carbocycles. The highest BCUT2D eigenvalue weighted by Crippen LogP contribution is 2.56. The zero-order valence-electron chi connectivity index (χ0n) is 15.7. The minimum absolute atomic E-state index is 0.00375. The lowest BCUT2D eigenvalue weighted by molar-refractivity contribution is 0.322. The summed E-state index contributed by atoms with van der Waals surface area (Å²) in [6, 6.07) is 5.63. The van der Waals surface area contributed by atoms with Crippen LogP contribution in [0.4, 0.5) is 5.69 Å². The number of anilines is 1. The van der Waals surface area contributed by atoms with Gasteiger partial charge in [-0.2, -0.15) is 0 Å². The number of rotatable bonds is 4. The number of hydrogen-bond acceptors (Lipinski definition) is 4. The Kier molecular flexibility index (Phi) is 5.30. The maximum Gasteiger partial charge on any atom is 0.203 e. The number of methoxy groups -OCH3 is 3. The van der Waals surface area contributed by atoms with E-state index in [1.54, 1.807) is 27.4 Å². The second-order valence-electron chi connectivity index (χ2n) is 6.88. The van der Waals surface area contributed by atoms with E-state index in [0.717, 1.165) is 23.2 Å². The molecule has 4 nitrogen and oxygen atoms in total. The summed E-state index contributed by atoms with van der Waals surface area (Å²) in [5, 5.41) is 5.17. The van der Waals surface area contributed by atoms with Crippen molar-refractivity contribution in [2.75, 3.05) is 26.6 Å². The molecule has 2 aromatic rings. The molecule has 4 rings (SSSR count). The first kappa shape index (κ1) is 19.6. The molecule has 1 aliphatic heterocycles. The first-order valence-corrected chi connectivity index (χ1v) is 10.0. The molecule has 28 heavy (non-hydrogen) atoms. The van der Waals surface area contributed by atoms with Crippen LogP contribution in [-0.2, 0) is 0 Å². The number of ether oxygens (including phenoxy) is 3. The average Bonchev–Trinajstić information content (AvgIpc) is 3.19. The van der Waals surface area contributed by atoms with Crippen molar-refractivity contribution in [1.29, 1.82) is 0 Å². The normalized spacial score (nSPS) is 22.3. The Morgan fingerprint density at radius 3 is 2.21 bits per heavy atom. The van der Waals surface area contributed by atoms with E-state index in [4.69, 9.17) is 49.0 Å². The second-order valence-corrected chi connectivity index (χ2v) is 8.07. The minimum Gasteiger partial charge on any atom is -0.493 e. The monoisotopic (exact) mass is 439 g/mol. The van der Waals surface area contributed by atoms with Gasteiger partial charge in [-0.05, 0) is 36.1 Å². The third kappa shape index (κ3) is 2.99. The number of halogens is 3. The quantitative estimate of drug-likeness (QED) is 0.435. The number of nitrogens with one attached hydrogen (secondary N) is 1. The Morgan fingerprint density at radius 1 is 0.929 bits per heavy atom. The van der Waals surface area contributed by atoms with Crippen molar-refractivity contribution in [2.24, 2.45) is 5.92 Å². The Hall–Kier alpha value is -1.75. The molecule has 0 aromatic heterocycles. The maximum atomic E-state index is 6.56. The number of fused-ring (bicyclic) bond motifs is 3. The molecule has 2 aliphatic rings.